The van der Waals surface area contributed by atoms with Crippen LogP contribution in [0.2, 0.25) is 0 Å². The number of carbonyl (C=O) groups excluding carboxylic acids is 1. The molecule has 4 N–H and O–H groups in total. The van der Waals surface area contributed by atoms with Gasteiger partial charge in [0.05, 0.1) is 17.7 Å². The summed E-state index contributed by atoms with van der Waals surface area (Å²) in [5, 5.41) is 2.34. The second-order valence-corrected chi connectivity index (χ2v) is 6.17. The van der Waals surface area contributed by atoms with E-state index >= 15 is 0 Å². The predicted octanol–water partition coefficient (Wildman–Crippen LogP) is 3.04. The SMILES string of the molecule is CNC(N)=NC(=O)c1cc2c(C(F)(F)F)cc(OCCCN(C)C)cc2[nH]1.Cl.Cl. The largest absolute Gasteiger partial charge is 0.493 e. The smallest absolute Gasteiger partial charge is 0.417 e. The van der Waals surface area contributed by atoms with E-state index in [4.69, 9.17) is 10.5 Å². The van der Waals surface area contributed by atoms with Crippen molar-refractivity contribution < 1.29 is 22.7 Å². The van der Waals surface area contributed by atoms with E-state index in [1.54, 1.807) is 0 Å². The summed E-state index contributed by atoms with van der Waals surface area (Å²) in [5.74, 6) is -0.841. The van der Waals surface area contributed by atoms with Gasteiger partial charge in [-0.15, -0.1) is 24.8 Å². The highest BCUT2D eigenvalue weighted by molar-refractivity contribution is 6.04. The number of hydrogen-bond donors (Lipinski definition) is 3. The number of rotatable bonds is 6. The first kappa shape index (κ1) is 26.8. The molecular weight excluding hydrogens is 434 g/mol. The molecule has 0 aliphatic heterocycles. The maximum Gasteiger partial charge on any atom is 0.417 e. The zero-order valence-corrected chi connectivity index (χ0v) is 17.7. The molecule has 1 aromatic carbocycles. The minimum atomic E-state index is -4.60. The van der Waals surface area contributed by atoms with Gasteiger partial charge in [0.2, 0.25) is 0 Å². The number of ether oxygens (including phenoxy) is 1. The first-order valence-electron chi connectivity index (χ1n) is 8.19. The van der Waals surface area contributed by atoms with Crippen molar-refractivity contribution in [3.8, 4) is 5.75 Å². The second kappa shape index (κ2) is 11.1. The molecule has 0 fully saturated rings. The van der Waals surface area contributed by atoms with Crippen LogP contribution in [0, 0.1) is 0 Å². The quantitative estimate of drug-likeness (QED) is 0.352. The number of benzene rings is 1. The Morgan fingerprint density at radius 3 is 2.48 bits per heavy atom. The van der Waals surface area contributed by atoms with Crippen LogP contribution in [0.15, 0.2) is 23.2 Å². The average molecular weight is 458 g/mol. The molecule has 1 heterocycles. The van der Waals surface area contributed by atoms with Crippen LogP contribution >= 0.6 is 24.8 Å². The van der Waals surface area contributed by atoms with Gasteiger partial charge in [0.25, 0.3) is 5.91 Å². The van der Waals surface area contributed by atoms with Crippen molar-refractivity contribution in [3.05, 3.63) is 29.5 Å². The minimum Gasteiger partial charge on any atom is -0.493 e. The Morgan fingerprint density at radius 2 is 1.93 bits per heavy atom. The highest BCUT2D eigenvalue weighted by Gasteiger charge is 2.34. The lowest BCUT2D eigenvalue weighted by molar-refractivity contribution is -0.136. The topological polar surface area (TPSA) is 95.7 Å². The molecule has 0 bridgehead atoms. The normalized spacial score (nSPS) is 11.8. The van der Waals surface area contributed by atoms with Crippen LogP contribution in [0.25, 0.3) is 10.9 Å². The molecular formula is C17H24Cl2F3N5O2. The minimum absolute atomic E-state index is 0. The molecule has 1 amide bonds. The molecule has 2 rings (SSSR count). The fourth-order valence-electron chi connectivity index (χ4n) is 2.44. The van der Waals surface area contributed by atoms with Gasteiger partial charge in [0.15, 0.2) is 5.96 Å². The lowest BCUT2D eigenvalue weighted by Gasteiger charge is -2.13. The third kappa shape index (κ3) is 7.30. The number of carbonyl (C=O) groups is 1. The van der Waals surface area contributed by atoms with Crippen LogP contribution in [-0.2, 0) is 6.18 Å². The lowest BCUT2D eigenvalue weighted by Crippen LogP contribution is -2.28. The number of amides is 1. The van der Waals surface area contributed by atoms with E-state index in [1.807, 2.05) is 19.0 Å². The summed E-state index contributed by atoms with van der Waals surface area (Å²) in [6.45, 7) is 1.02. The standard InChI is InChI=1S/C17H22F3N5O2.2ClH/c1-22-16(21)24-15(26)14-9-11-12(17(18,19)20)7-10(8-13(11)23-14)27-6-4-5-25(2)3;;/h7-9,23H,4-6H2,1-3H3,(H3,21,22,24,26);2*1H. The van der Waals surface area contributed by atoms with Gasteiger partial charge in [-0.3, -0.25) is 4.79 Å². The molecule has 0 radical (unpaired) electrons. The van der Waals surface area contributed by atoms with Crippen molar-refractivity contribution in [2.75, 3.05) is 34.3 Å². The second-order valence-electron chi connectivity index (χ2n) is 6.17. The first-order valence-corrected chi connectivity index (χ1v) is 8.19. The number of aromatic amines is 1. The van der Waals surface area contributed by atoms with Crippen molar-refractivity contribution in [3.63, 3.8) is 0 Å². The van der Waals surface area contributed by atoms with Gasteiger partial charge in [0, 0.05) is 25.0 Å². The highest BCUT2D eigenvalue weighted by atomic mass is 35.5. The summed E-state index contributed by atoms with van der Waals surface area (Å²) in [7, 11) is 5.27. The number of guanidine groups is 1. The number of nitrogens with zero attached hydrogens (tertiary/aromatic N) is 2. The number of nitrogens with one attached hydrogen (secondary N) is 2. The molecule has 164 valence electrons. The molecule has 12 heteroatoms. The molecule has 0 unspecified atom stereocenters. The summed E-state index contributed by atoms with van der Waals surface area (Å²) >= 11 is 0. The summed E-state index contributed by atoms with van der Waals surface area (Å²) in [4.78, 5) is 20.2. The lowest BCUT2D eigenvalue weighted by atomic mass is 10.1. The fraction of sp³-hybridized carbons (Fsp3) is 0.412. The molecule has 0 saturated carbocycles. The number of halogens is 5. The monoisotopic (exact) mass is 457 g/mol. The van der Waals surface area contributed by atoms with Gasteiger partial charge in [-0.05, 0) is 32.6 Å². The van der Waals surface area contributed by atoms with Crippen LogP contribution in [-0.4, -0.2) is 56.0 Å². The summed E-state index contributed by atoms with van der Waals surface area (Å²) in [6, 6.07) is 3.48. The Morgan fingerprint density at radius 1 is 1.28 bits per heavy atom. The van der Waals surface area contributed by atoms with Crippen LogP contribution in [0.4, 0.5) is 13.2 Å². The third-order valence-corrected chi connectivity index (χ3v) is 3.74. The van der Waals surface area contributed by atoms with Gasteiger partial charge in [-0.1, -0.05) is 0 Å². The fourth-order valence-corrected chi connectivity index (χ4v) is 2.44. The third-order valence-electron chi connectivity index (χ3n) is 3.74. The van der Waals surface area contributed by atoms with E-state index in [2.05, 4.69) is 15.3 Å². The van der Waals surface area contributed by atoms with Crippen LogP contribution < -0.4 is 15.8 Å². The molecule has 0 aliphatic rings. The number of aromatic nitrogens is 1. The van der Waals surface area contributed by atoms with Crippen molar-refractivity contribution in [2.24, 2.45) is 10.7 Å². The number of hydrogen-bond acceptors (Lipinski definition) is 3. The van der Waals surface area contributed by atoms with Gasteiger partial charge in [-0.2, -0.15) is 18.2 Å². The maximum atomic E-state index is 13.4. The van der Waals surface area contributed by atoms with Crippen molar-refractivity contribution in [1.82, 2.24) is 15.2 Å². The van der Waals surface area contributed by atoms with Crippen molar-refractivity contribution in [2.45, 2.75) is 12.6 Å². The van der Waals surface area contributed by atoms with Crippen LogP contribution in [0.5, 0.6) is 5.75 Å². The Bertz CT molecular complexity index is 853. The Balaban J connectivity index is 0.00000392. The Kier molecular flexibility index (Phi) is 10.3. The van der Waals surface area contributed by atoms with Crippen LogP contribution in [0.1, 0.15) is 22.5 Å². The molecule has 0 atom stereocenters. The van der Waals surface area contributed by atoms with E-state index in [0.29, 0.717) is 6.42 Å². The summed E-state index contributed by atoms with van der Waals surface area (Å²) < 4.78 is 45.8. The molecule has 29 heavy (non-hydrogen) atoms. The number of aliphatic imine (C=N–C) groups is 1. The maximum absolute atomic E-state index is 13.4. The molecule has 1 aromatic heterocycles. The van der Waals surface area contributed by atoms with Gasteiger partial charge in [0.1, 0.15) is 11.4 Å². The summed E-state index contributed by atoms with van der Waals surface area (Å²) in [5.41, 5.74) is 4.57. The van der Waals surface area contributed by atoms with Crippen molar-refractivity contribution >= 4 is 47.6 Å². The average Bonchev–Trinajstić information content (AvgIpc) is 3.00. The molecule has 0 saturated heterocycles. The number of H-pyrrole nitrogens is 1. The highest BCUT2D eigenvalue weighted by Crippen LogP contribution is 2.38. The van der Waals surface area contributed by atoms with E-state index < -0.39 is 17.6 Å². The molecule has 0 spiro atoms. The van der Waals surface area contributed by atoms with Crippen LogP contribution in [0.3, 0.4) is 0 Å². The zero-order valence-electron chi connectivity index (χ0n) is 16.1. The van der Waals surface area contributed by atoms with E-state index in [1.165, 1.54) is 13.1 Å². The molecule has 7 nitrogen and oxygen atoms in total. The van der Waals surface area contributed by atoms with E-state index in [9.17, 15) is 18.0 Å². The van der Waals surface area contributed by atoms with Crippen molar-refractivity contribution in [1.29, 1.82) is 0 Å². The predicted molar refractivity (Wildman–Crippen MR) is 111 cm³/mol. The van der Waals surface area contributed by atoms with Gasteiger partial charge >= 0.3 is 6.18 Å². The summed E-state index contributed by atoms with van der Waals surface area (Å²) in [6.07, 6.45) is -3.93. The number of alkyl halides is 3. The van der Waals surface area contributed by atoms with E-state index in [0.717, 1.165) is 18.7 Å². The number of fused-ring (bicyclic) bond motifs is 1. The molecule has 0 aliphatic carbocycles. The zero-order chi connectivity index (χ0) is 20.2. The molecule has 2 aromatic rings. The Labute approximate surface area is 178 Å². The van der Waals surface area contributed by atoms with Gasteiger partial charge < -0.3 is 25.7 Å². The van der Waals surface area contributed by atoms with E-state index in [-0.39, 0.29) is 59.7 Å². The first-order chi connectivity index (χ1) is 12.6. The Hall–Kier alpha value is -2.17. The number of nitrogens with two attached hydrogens (primary N) is 1. The van der Waals surface area contributed by atoms with Gasteiger partial charge in [-0.25, -0.2) is 0 Å².